The van der Waals surface area contributed by atoms with Gasteiger partial charge in [0.15, 0.2) is 5.65 Å². The zero-order chi connectivity index (χ0) is 19.9. The van der Waals surface area contributed by atoms with Crippen molar-refractivity contribution >= 4 is 34.7 Å². The van der Waals surface area contributed by atoms with Crippen LogP contribution < -0.4 is 5.32 Å². The van der Waals surface area contributed by atoms with Gasteiger partial charge in [-0.05, 0) is 44.4 Å². The molecular weight excluding hydrogens is 378 g/mol. The van der Waals surface area contributed by atoms with Crippen molar-refractivity contribution in [3.8, 4) is 6.07 Å². The van der Waals surface area contributed by atoms with Crippen molar-refractivity contribution < 1.29 is 9.53 Å². The topological polar surface area (TPSA) is 92.3 Å². The first-order chi connectivity index (χ1) is 13.6. The van der Waals surface area contributed by atoms with Gasteiger partial charge in [0.2, 0.25) is 0 Å². The number of anilines is 2. The molecule has 0 saturated carbocycles. The number of unbranched alkanes of at least 4 members (excludes halogenated alkanes) is 2. The SMILES string of the molecule is CCOC(=O)c1cccc(Nc2cc(Cl)nc3c(CCCCC#N)cnn23)c1. The van der Waals surface area contributed by atoms with Crippen LogP contribution in [-0.4, -0.2) is 27.2 Å². The molecule has 0 radical (unpaired) electrons. The number of esters is 1. The minimum absolute atomic E-state index is 0.321. The Bertz CT molecular complexity index is 1030. The van der Waals surface area contributed by atoms with Crippen LogP contribution in [0.2, 0.25) is 5.15 Å². The van der Waals surface area contributed by atoms with Crippen LogP contribution in [0.3, 0.4) is 0 Å². The molecule has 0 bridgehead atoms. The summed E-state index contributed by atoms with van der Waals surface area (Å²) < 4.78 is 6.73. The number of halogens is 1. The van der Waals surface area contributed by atoms with Crippen molar-refractivity contribution in [2.75, 3.05) is 11.9 Å². The average molecular weight is 398 g/mol. The third-order valence-electron chi connectivity index (χ3n) is 4.14. The number of benzene rings is 1. The fraction of sp³-hybridized carbons (Fsp3) is 0.300. The number of nitrogens with zero attached hydrogens (tertiary/aromatic N) is 4. The third-order valence-corrected chi connectivity index (χ3v) is 4.34. The summed E-state index contributed by atoms with van der Waals surface area (Å²) in [4.78, 5) is 16.3. The number of aryl methyl sites for hydroxylation is 1. The van der Waals surface area contributed by atoms with Gasteiger partial charge in [0.05, 0.1) is 24.4 Å². The molecule has 2 aromatic heterocycles. The first-order valence-electron chi connectivity index (χ1n) is 9.06. The largest absolute Gasteiger partial charge is 0.462 e. The highest BCUT2D eigenvalue weighted by atomic mass is 35.5. The van der Waals surface area contributed by atoms with Gasteiger partial charge < -0.3 is 10.1 Å². The van der Waals surface area contributed by atoms with Crippen molar-refractivity contribution in [1.82, 2.24) is 14.6 Å². The average Bonchev–Trinajstić information content (AvgIpc) is 3.08. The molecule has 7 nitrogen and oxygen atoms in total. The van der Waals surface area contributed by atoms with E-state index in [-0.39, 0.29) is 5.97 Å². The monoisotopic (exact) mass is 397 g/mol. The summed E-state index contributed by atoms with van der Waals surface area (Å²) in [5.41, 5.74) is 2.82. The van der Waals surface area contributed by atoms with Gasteiger partial charge in [0, 0.05) is 23.7 Å². The Morgan fingerprint density at radius 3 is 3.00 bits per heavy atom. The number of hydrogen-bond acceptors (Lipinski definition) is 6. The van der Waals surface area contributed by atoms with E-state index in [1.54, 1.807) is 41.9 Å². The van der Waals surface area contributed by atoms with E-state index in [9.17, 15) is 4.79 Å². The predicted molar refractivity (Wildman–Crippen MR) is 107 cm³/mol. The standard InChI is InChI=1S/C20H20ClN5O2/c1-2-28-20(27)14-8-6-9-16(11-14)24-18-12-17(21)25-19-15(13-23-26(18)19)7-4-3-5-10-22/h6,8-9,11-13,24H,2-5,7H2,1H3. The number of aromatic nitrogens is 3. The van der Waals surface area contributed by atoms with Crippen molar-refractivity contribution in [1.29, 1.82) is 5.26 Å². The Labute approximate surface area is 167 Å². The zero-order valence-corrected chi connectivity index (χ0v) is 16.2. The van der Waals surface area contributed by atoms with Crippen molar-refractivity contribution in [3.05, 3.63) is 52.8 Å². The smallest absolute Gasteiger partial charge is 0.338 e. The summed E-state index contributed by atoms with van der Waals surface area (Å²) in [6, 6.07) is 10.9. The van der Waals surface area contributed by atoms with Crippen molar-refractivity contribution in [3.63, 3.8) is 0 Å². The van der Waals surface area contributed by atoms with Crippen LogP contribution >= 0.6 is 11.6 Å². The highest BCUT2D eigenvalue weighted by molar-refractivity contribution is 6.29. The summed E-state index contributed by atoms with van der Waals surface area (Å²) in [5.74, 6) is 0.266. The Hall–Kier alpha value is -3.11. The summed E-state index contributed by atoms with van der Waals surface area (Å²) in [6.45, 7) is 2.09. The van der Waals surface area contributed by atoms with Crippen molar-refractivity contribution in [2.24, 2.45) is 0 Å². The van der Waals surface area contributed by atoms with Crippen LogP contribution in [0.5, 0.6) is 0 Å². The van der Waals surface area contributed by atoms with Gasteiger partial charge in [-0.1, -0.05) is 17.7 Å². The number of hydrogen-bond donors (Lipinski definition) is 1. The Morgan fingerprint density at radius 2 is 2.21 bits per heavy atom. The molecule has 0 spiro atoms. The van der Waals surface area contributed by atoms with E-state index >= 15 is 0 Å². The summed E-state index contributed by atoms with van der Waals surface area (Å²) in [6.07, 6.45) is 4.80. The molecule has 3 rings (SSSR count). The molecule has 0 fully saturated rings. The highest BCUT2D eigenvalue weighted by Gasteiger charge is 2.12. The summed E-state index contributed by atoms with van der Waals surface area (Å²) in [7, 11) is 0. The second-order valence-electron chi connectivity index (χ2n) is 6.16. The molecule has 0 amide bonds. The summed E-state index contributed by atoms with van der Waals surface area (Å²) in [5, 5.41) is 16.7. The van der Waals surface area contributed by atoms with Crippen LogP contribution in [0.15, 0.2) is 36.5 Å². The van der Waals surface area contributed by atoms with Crippen LogP contribution in [0, 0.1) is 11.3 Å². The van der Waals surface area contributed by atoms with E-state index in [1.807, 2.05) is 6.07 Å². The Kier molecular flexibility index (Phi) is 6.45. The van der Waals surface area contributed by atoms with Crippen LogP contribution in [0.25, 0.3) is 5.65 Å². The molecule has 0 aliphatic heterocycles. The number of fused-ring (bicyclic) bond motifs is 1. The molecule has 0 atom stereocenters. The van der Waals surface area contributed by atoms with E-state index in [1.165, 1.54) is 0 Å². The van der Waals surface area contributed by atoms with Crippen LogP contribution in [0.1, 0.15) is 42.1 Å². The second-order valence-corrected chi connectivity index (χ2v) is 6.55. The number of carbonyl (C=O) groups excluding carboxylic acids is 1. The lowest BCUT2D eigenvalue weighted by Crippen LogP contribution is -2.06. The maximum Gasteiger partial charge on any atom is 0.338 e. The first-order valence-corrected chi connectivity index (χ1v) is 9.44. The molecule has 144 valence electrons. The lowest BCUT2D eigenvalue weighted by Gasteiger charge is -2.10. The van der Waals surface area contributed by atoms with Crippen LogP contribution in [-0.2, 0) is 11.2 Å². The van der Waals surface area contributed by atoms with E-state index in [4.69, 9.17) is 21.6 Å². The molecule has 8 heteroatoms. The Balaban J connectivity index is 1.86. The first kappa shape index (κ1) is 19.6. The van der Waals surface area contributed by atoms with Crippen LogP contribution in [0.4, 0.5) is 11.5 Å². The highest BCUT2D eigenvalue weighted by Crippen LogP contribution is 2.24. The number of carbonyl (C=O) groups is 1. The molecule has 3 aromatic rings. The fourth-order valence-corrected chi connectivity index (χ4v) is 3.03. The lowest BCUT2D eigenvalue weighted by atomic mass is 10.1. The maximum atomic E-state index is 11.9. The Morgan fingerprint density at radius 1 is 1.36 bits per heavy atom. The van der Waals surface area contributed by atoms with E-state index in [2.05, 4.69) is 21.5 Å². The number of rotatable bonds is 8. The number of nitrogens with one attached hydrogen (secondary N) is 1. The molecule has 0 unspecified atom stereocenters. The minimum atomic E-state index is -0.372. The molecule has 0 aliphatic carbocycles. The van der Waals surface area contributed by atoms with Gasteiger partial charge in [-0.25, -0.2) is 9.78 Å². The maximum absolute atomic E-state index is 11.9. The molecular formula is C20H20ClN5O2. The molecule has 1 aromatic carbocycles. The zero-order valence-electron chi connectivity index (χ0n) is 15.5. The van der Waals surface area contributed by atoms with E-state index in [0.29, 0.717) is 40.9 Å². The van der Waals surface area contributed by atoms with E-state index < -0.39 is 0 Å². The fourth-order valence-electron chi connectivity index (χ4n) is 2.85. The summed E-state index contributed by atoms with van der Waals surface area (Å²) >= 11 is 6.22. The molecule has 0 aliphatic rings. The van der Waals surface area contributed by atoms with Gasteiger partial charge in [-0.15, -0.1) is 0 Å². The normalized spacial score (nSPS) is 10.6. The molecule has 2 heterocycles. The minimum Gasteiger partial charge on any atom is -0.462 e. The lowest BCUT2D eigenvalue weighted by molar-refractivity contribution is 0.0526. The predicted octanol–water partition coefficient (Wildman–Crippen LogP) is 4.54. The number of nitriles is 1. The van der Waals surface area contributed by atoms with Gasteiger partial charge in [0.25, 0.3) is 0 Å². The van der Waals surface area contributed by atoms with Gasteiger partial charge in [0.1, 0.15) is 11.0 Å². The molecule has 28 heavy (non-hydrogen) atoms. The number of ether oxygens (including phenoxy) is 1. The van der Waals surface area contributed by atoms with Gasteiger partial charge in [-0.2, -0.15) is 14.9 Å². The van der Waals surface area contributed by atoms with Gasteiger partial charge >= 0.3 is 5.97 Å². The molecule has 1 N–H and O–H groups in total. The quantitative estimate of drug-likeness (QED) is 0.341. The van der Waals surface area contributed by atoms with Crippen molar-refractivity contribution in [2.45, 2.75) is 32.6 Å². The van der Waals surface area contributed by atoms with E-state index in [0.717, 1.165) is 24.8 Å². The van der Waals surface area contributed by atoms with Gasteiger partial charge in [-0.3, -0.25) is 0 Å². The molecule has 0 saturated heterocycles. The second kappa shape index (κ2) is 9.20. The third kappa shape index (κ3) is 4.59.